The Hall–Kier alpha value is -0.870. The van der Waals surface area contributed by atoms with Gasteiger partial charge >= 0.3 is 0 Å². The second-order valence-electron chi connectivity index (χ2n) is 2.64. The standard InChI is InChI=1S/C6H6O.C3H8O2S.C2H6/c7-6-4-2-1-3-5-6;1-3(2)6(4)5;1-2/h1-5,7H;3H,1-2H3,(H,4,5);1-2H3/p-1. The molecule has 0 saturated heterocycles. The molecule has 1 aromatic carbocycles. The lowest BCUT2D eigenvalue weighted by atomic mass is 10.3. The molecule has 88 valence electrons. The molecule has 0 saturated carbocycles. The van der Waals surface area contributed by atoms with Crippen molar-refractivity contribution in [2.75, 3.05) is 0 Å². The molecule has 0 fully saturated rings. The summed E-state index contributed by atoms with van der Waals surface area (Å²) in [7, 11) is 0. The van der Waals surface area contributed by atoms with E-state index in [0.717, 1.165) is 0 Å². The molecule has 0 bridgehead atoms. The molecule has 4 heteroatoms. The monoisotopic (exact) mass is 231 g/mol. The van der Waals surface area contributed by atoms with E-state index in [0.29, 0.717) is 5.75 Å². The molecule has 1 atom stereocenters. The Bertz CT molecular complexity index is 247. The van der Waals surface area contributed by atoms with Gasteiger partial charge in [-0.25, -0.2) is 0 Å². The molecule has 1 unspecified atom stereocenters. The molecule has 1 N–H and O–H groups in total. The van der Waals surface area contributed by atoms with Crippen LogP contribution in [0.15, 0.2) is 30.3 Å². The zero-order valence-corrected chi connectivity index (χ0v) is 10.5. The van der Waals surface area contributed by atoms with Crippen molar-refractivity contribution in [1.29, 1.82) is 0 Å². The van der Waals surface area contributed by atoms with Crippen molar-refractivity contribution in [2.45, 2.75) is 32.9 Å². The first kappa shape index (κ1) is 16.6. The number of hydrogen-bond acceptors (Lipinski definition) is 3. The van der Waals surface area contributed by atoms with Gasteiger partial charge in [0.25, 0.3) is 0 Å². The van der Waals surface area contributed by atoms with Crippen molar-refractivity contribution in [2.24, 2.45) is 0 Å². The lowest BCUT2D eigenvalue weighted by molar-refractivity contribution is 0.475. The van der Waals surface area contributed by atoms with E-state index >= 15 is 0 Å². The molecule has 15 heavy (non-hydrogen) atoms. The van der Waals surface area contributed by atoms with Crippen LogP contribution in [-0.2, 0) is 11.1 Å². The minimum Gasteiger partial charge on any atom is -0.772 e. The number of benzene rings is 1. The summed E-state index contributed by atoms with van der Waals surface area (Å²) < 4.78 is 19.4. The summed E-state index contributed by atoms with van der Waals surface area (Å²) in [4.78, 5) is 0. The van der Waals surface area contributed by atoms with Crippen molar-refractivity contribution in [3.63, 3.8) is 0 Å². The Kier molecular flexibility index (Phi) is 12.4. The summed E-state index contributed by atoms with van der Waals surface area (Å²) in [6, 6.07) is 8.71. The third-order valence-electron chi connectivity index (χ3n) is 1.14. The van der Waals surface area contributed by atoms with Crippen molar-refractivity contribution >= 4 is 11.1 Å². The average molecular weight is 231 g/mol. The van der Waals surface area contributed by atoms with E-state index in [9.17, 15) is 8.76 Å². The van der Waals surface area contributed by atoms with Gasteiger partial charge in [-0.15, -0.1) is 0 Å². The van der Waals surface area contributed by atoms with Crippen LogP contribution in [0.25, 0.3) is 0 Å². The lowest BCUT2D eigenvalue weighted by Gasteiger charge is -2.05. The van der Waals surface area contributed by atoms with E-state index in [1.54, 1.807) is 38.1 Å². The van der Waals surface area contributed by atoms with Crippen molar-refractivity contribution in [3.8, 4) is 5.75 Å². The smallest absolute Gasteiger partial charge is 0.115 e. The fourth-order valence-electron chi connectivity index (χ4n) is 0.428. The van der Waals surface area contributed by atoms with E-state index in [4.69, 9.17) is 5.11 Å². The average Bonchev–Trinajstić information content (AvgIpc) is 2.22. The highest BCUT2D eigenvalue weighted by atomic mass is 32.2. The fraction of sp³-hybridized carbons (Fsp3) is 0.455. The van der Waals surface area contributed by atoms with Gasteiger partial charge in [0, 0.05) is 5.25 Å². The molecular formula is C11H19O3S-. The van der Waals surface area contributed by atoms with Crippen molar-refractivity contribution in [1.82, 2.24) is 0 Å². The molecule has 0 aliphatic carbocycles. The molecule has 0 aliphatic rings. The van der Waals surface area contributed by atoms with Crippen molar-refractivity contribution in [3.05, 3.63) is 30.3 Å². The van der Waals surface area contributed by atoms with Crippen LogP contribution in [0.4, 0.5) is 0 Å². The quantitative estimate of drug-likeness (QED) is 0.756. The van der Waals surface area contributed by atoms with Gasteiger partial charge in [-0.1, -0.05) is 57.0 Å². The molecular weight excluding hydrogens is 212 g/mol. The normalized spacial score (nSPS) is 10.5. The molecule has 0 heterocycles. The summed E-state index contributed by atoms with van der Waals surface area (Å²) in [5.41, 5.74) is 0. The second-order valence-corrected chi connectivity index (χ2v) is 4.11. The Morgan fingerprint density at radius 2 is 1.53 bits per heavy atom. The topological polar surface area (TPSA) is 60.4 Å². The Morgan fingerprint density at radius 1 is 1.20 bits per heavy atom. The number of phenols is 1. The first-order valence-corrected chi connectivity index (χ1v) is 6.00. The molecule has 1 rings (SSSR count). The maximum atomic E-state index is 9.70. The van der Waals surface area contributed by atoms with E-state index in [1.165, 1.54) is 0 Å². The number of rotatable bonds is 1. The minimum atomic E-state index is -1.87. The third kappa shape index (κ3) is 13.1. The van der Waals surface area contributed by atoms with Gasteiger partial charge in [0.2, 0.25) is 0 Å². The number of phenolic OH excluding ortho intramolecular Hbond substituents is 1. The van der Waals surface area contributed by atoms with Crippen LogP contribution in [-0.4, -0.2) is 19.1 Å². The van der Waals surface area contributed by atoms with Crippen LogP contribution >= 0.6 is 0 Å². The number of aromatic hydroxyl groups is 1. The zero-order chi connectivity index (χ0) is 12.3. The minimum absolute atomic E-state index is 0.231. The molecule has 0 spiro atoms. The molecule has 0 radical (unpaired) electrons. The second kappa shape index (κ2) is 11.2. The van der Waals surface area contributed by atoms with Crippen LogP contribution in [0, 0.1) is 0 Å². The van der Waals surface area contributed by atoms with Gasteiger partial charge < -0.3 is 9.66 Å². The SMILES string of the molecule is CC.CC(C)S(=O)[O-].Oc1ccccc1. The van der Waals surface area contributed by atoms with Crippen LogP contribution < -0.4 is 0 Å². The van der Waals surface area contributed by atoms with Gasteiger partial charge in [0.05, 0.1) is 0 Å². The summed E-state index contributed by atoms with van der Waals surface area (Å²) in [5.74, 6) is 0.322. The fourth-order valence-corrected chi connectivity index (χ4v) is 0.428. The molecule has 3 nitrogen and oxygen atoms in total. The first-order chi connectivity index (χ1) is 7.04. The van der Waals surface area contributed by atoms with Gasteiger partial charge in [0.1, 0.15) is 5.75 Å². The van der Waals surface area contributed by atoms with Crippen LogP contribution in [0.2, 0.25) is 0 Å². The van der Waals surface area contributed by atoms with E-state index in [-0.39, 0.29) is 5.25 Å². The molecule has 0 aromatic heterocycles. The number of para-hydroxylation sites is 1. The lowest BCUT2D eigenvalue weighted by Crippen LogP contribution is -2.02. The predicted octanol–water partition coefficient (Wildman–Crippen LogP) is 2.69. The molecule has 0 aliphatic heterocycles. The van der Waals surface area contributed by atoms with E-state index in [1.807, 2.05) is 19.9 Å². The van der Waals surface area contributed by atoms with E-state index in [2.05, 4.69) is 0 Å². The zero-order valence-electron chi connectivity index (χ0n) is 9.64. The van der Waals surface area contributed by atoms with E-state index < -0.39 is 11.1 Å². The van der Waals surface area contributed by atoms with Crippen LogP contribution in [0.3, 0.4) is 0 Å². The van der Waals surface area contributed by atoms with Gasteiger partial charge in [-0.3, -0.25) is 4.21 Å². The predicted molar refractivity (Wildman–Crippen MR) is 63.5 cm³/mol. The Balaban J connectivity index is 0. The van der Waals surface area contributed by atoms with Gasteiger partial charge in [-0.05, 0) is 12.1 Å². The van der Waals surface area contributed by atoms with Crippen LogP contribution in [0.5, 0.6) is 5.75 Å². The highest BCUT2D eigenvalue weighted by molar-refractivity contribution is 7.79. The maximum absolute atomic E-state index is 9.70. The van der Waals surface area contributed by atoms with Crippen molar-refractivity contribution < 1.29 is 13.9 Å². The summed E-state index contributed by atoms with van der Waals surface area (Å²) in [6.07, 6.45) is 0. The third-order valence-corrected chi connectivity index (χ3v) is 1.91. The summed E-state index contributed by atoms with van der Waals surface area (Å²) in [5, 5.41) is 8.40. The van der Waals surface area contributed by atoms with Gasteiger partial charge in [-0.2, -0.15) is 0 Å². The summed E-state index contributed by atoms with van der Waals surface area (Å²) in [6.45, 7) is 7.26. The highest BCUT2D eigenvalue weighted by Gasteiger charge is 1.85. The Morgan fingerprint density at radius 3 is 1.67 bits per heavy atom. The maximum Gasteiger partial charge on any atom is 0.115 e. The molecule has 1 aromatic rings. The highest BCUT2D eigenvalue weighted by Crippen LogP contribution is 2.02. The first-order valence-electron chi connectivity index (χ1n) is 4.86. The van der Waals surface area contributed by atoms with Gasteiger partial charge in [0.15, 0.2) is 0 Å². The number of hydrogen-bond donors (Lipinski definition) is 1. The van der Waals surface area contributed by atoms with Crippen LogP contribution in [0.1, 0.15) is 27.7 Å². The Labute approximate surface area is 94.4 Å². The largest absolute Gasteiger partial charge is 0.772 e. The molecule has 0 amide bonds. The summed E-state index contributed by atoms with van der Waals surface area (Å²) >= 11 is -1.87.